The molecule has 0 aliphatic carbocycles. The molecule has 0 amide bonds. The van der Waals surface area contributed by atoms with Gasteiger partial charge >= 0.3 is 0 Å². The Kier molecular flexibility index (Phi) is 8.23. The Hall–Kier alpha value is 0.522. The van der Waals surface area contributed by atoms with E-state index < -0.39 is 5.97 Å². The summed E-state index contributed by atoms with van der Waals surface area (Å²) in [5.41, 5.74) is 0. The van der Waals surface area contributed by atoms with Crippen molar-refractivity contribution < 1.29 is 41.0 Å². The van der Waals surface area contributed by atoms with Gasteiger partial charge < -0.3 is 5.11 Å². The number of carboxylic acid groups (broad SMARTS) is 1. The molecule has 0 fully saturated rings. The average molecular weight is 298 g/mol. The minimum Gasteiger partial charge on any atom is -0.481 e. The van der Waals surface area contributed by atoms with Crippen molar-refractivity contribution >= 4 is 5.97 Å². The minimum absolute atomic E-state index is 0. The quantitative estimate of drug-likeness (QED) is 0.688. The Morgan fingerprint density at radius 2 is 1.80 bits per heavy atom. The smallest absolute Gasteiger partial charge is 0.300 e. The van der Waals surface area contributed by atoms with Crippen LogP contribution in [0.2, 0.25) is 0 Å². The van der Waals surface area contributed by atoms with Crippen molar-refractivity contribution in [2.24, 2.45) is 0 Å². The van der Waals surface area contributed by atoms with Crippen LogP contribution in [0.5, 0.6) is 0 Å². The fraction of sp³-hybridized carbons (Fsp3) is 0.500. The zero-order chi connectivity index (χ0) is 3.58. The molecule has 0 atom stereocenters. The second-order valence-electron chi connectivity index (χ2n) is 0.519. The molecular formula is C2H4O2U. The third-order valence-corrected chi connectivity index (χ3v) is 0. The van der Waals surface area contributed by atoms with Crippen molar-refractivity contribution in [3.05, 3.63) is 0 Å². The van der Waals surface area contributed by atoms with Crippen LogP contribution in [0.25, 0.3) is 0 Å². The third kappa shape index (κ3) is 106. The maximum atomic E-state index is 9.00. The SMILES string of the molecule is CC(=O)O.[U]. The van der Waals surface area contributed by atoms with Gasteiger partial charge in [0.25, 0.3) is 5.97 Å². The summed E-state index contributed by atoms with van der Waals surface area (Å²) >= 11 is 0. The first-order valence-corrected chi connectivity index (χ1v) is 0.928. The molecule has 5 heavy (non-hydrogen) atoms. The van der Waals surface area contributed by atoms with Crippen LogP contribution in [-0.4, -0.2) is 11.1 Å². The number of hydrogen-bond acceptors (Lipinski definition) is 1. The predicted octanol–water partition coefficient (Wildman–Crippen LogP) is 0.0909. The van der Waals surface area contributed by atoms with Crippen molar-refractivity contribution in [1.82, 2.24) is 0 Å². The first-order valence-electron chi connectivity index (χ1n) is 0.928. The average Bonchev–Trinajstić information content (AvgIpc) is 0.811. The monoisotopic (exact) mass is 298 g/mol. The molecule has 2 nitrogen and oxygen atoms in total. The maximum Gasteiger partial charge on any atom is 0.300 e. The van der Waals surface area contributed by atoms with E-state index in [-0.39, 0.29) is 31.1 Å². The summed E-state index contributed by atoms with van der Waals surface area (Å²) in [5, 5.41) is 7.42. The summed E-state index contributed by atoms with van der Waals surface area (Å²) < 4.78 is 0. The molecule has 1 N–H and O–H groups in total. The summed E-state index contributed by atoms with van der Waals surface area (Å²) in [6, 6.07) is 0. The van der Waals surface area contributed by atoms with Gasteiger partial charge in [0, 0.05) is 38.0 Å². The van der Waals surface area contributed by atoms with E-state index in [2.05, 4.69) is 0 Å². The molecule has 0 radical (unpaired) electrons. The molecule has 28 valence electrons. The number of hydrogen-bond donors (Lipinski definition) is 1. The van der Waals surface area contributed by atoms with Crippen LogP contribution >= 0.6 is 0 Å². The Morgan fingerprint density at radius 1 is 1.80 bits per heavy atom. The second-order valence-corrected chi connectivity index (χ2v) is 0.519. The molecule has 0 aromatic rings. The van der Waals surface area contributed by atoms with Gasteiger partial charge in [-0.25, -0.2) is 0 Å². The van der Waals surface area contributed by atoms with Crippen LogP contribution in [0.3, 0.4) is 0 Å². The van der Waals surface area contributed by atoms with E-state index >= 15 is 0 Å². The molecule has 0 saturated carbocycles. The van der Waals surface area contributed by atoms with Gasteiger partial charge in [0.05, 0.1) is 0 Å². The number of carbonyl (C=O) groups is 1. The maximum absolute atomic E-state index is 9.00. The number of rotatable bonds is 0. The summed E-state index contributed by atoms with van der Waals surface area (Å²) in [6.45, 7) is 1.08. The molecule has 0 unspecified atom stereocenters. The van der Waals surface area contributed by atoms with Crippen LogP contribution in [0.4, 0.5) is 0 Å². The molecule has 0 bridgehead atoms. The fourth-order valence-electron chi connectivity index (χ4n) is 0. The van der Waals surface area contributed by atoms with E-state index in [1.165, 1.54) is 0 Å². The van der Waals surface area contributed by atoms with Gasteiger partial charge in [-0.1, -0.05) is 0 Å². The minimum atomic E-state index is -0.833. The summed E-state index contributed by atoms with van der Waals surface area (Å²) in [5.74, 6) is -0.833. The Balaban J connectivity index is 0. The van der Waals surface area contributed by atoms with Crippen LogP contribution in [0, 0.1) is 31.1 Å². The van der Waals surface area contributed by atoms with Gasteiger partial charge in [0.1, 0.15) is 0 Å². The molecule has 0 aromatic carbocycles. The van der Waals surface area contributed by atoms with Crippen molar-refractivity contribution in [2.45, 2.75) is 6.92 Å². The topological polar surface area (TPSA) is 37.3 Å². The summed E-state index contributed by atoms with van der Waals surface area (Å²) in [7, 11) is 0. The van der Waals surface area contributed by atoms with Crippen molar-refractivity contribution in [3.8, 4) is 0 Å². The zero-order valence-electron chi connectivity index (χ0n) is 2.86. The first kappa shape index (κ1) is 9.10. The standard InChI is InChI=1S/C2H4O2.U/c1-2(3)4;/h1H3,(H,3,4);. The van der Waals surface area contributed by atoms with E-state index in [0.717, 1.165) is 6.92 Å². The molecule has 0 saturated heterocycles. The van der Waals surface area contributed by atoms with Crippen molar-refractivity contribution in [1.29, 1.82) is 0 Å². The molecule has 0 aromatic heterocycles. The van der Waals surface area contributed by atoms with E-state index in [0.29, 0.717) is 0 Å². The van der Waals surface area contributed by atoms with E-state index in [9.17, 15) is 0 Å². The number of aliphatic carboxylic acids is 1. The predicted molar refractivity (Wildman–Crippen MR) is 13.3 cm³/mol. The Bertz CT molecular complexity index is 30.6. The van der Waals surface area contributed by atoms with Crippen LogP contribution in [0.1, 0.15) is 6.92 Å². The van der Waals surface area contributed by atoms with Gasteiger partial charge in [0.2, 0.25) is 0 Å². The van der Waals surface area contributed by atoms with Crippen molar-refractivity contribution in [2.75, 3.05) is 0 Å². The molecule has 0 aliphatic rings. The molecule has 0 heterocycles. The molecule has 0 aliphatic heterocycles. The van der Waals surface area contributed by atoms with Gasteiger partial charge in [-0.15, -0.1) is 0 Å². The molecular weight excluding hydrogens is 294 g/mol. The largest absolute Gasteiger partial charge is 0.481 e. The van der Waals surface area contributed by atoms with Crippen molar-refractivity contribution in [3.63, 3.8) is 0 Å². The van der Waals surface area contributed by atoms with Gasteiger partial charge in [-0.05, 0) is 0 Å². The third-order valence-electron chi connectivity index (χ3n) is 0. The molecule has 0 spiro atoms. The Labute approximate surface area is 53.9 Å². The zero-order valence-corrected chi connectivity index (χ0v) is 7.02. The summed E-state index contributed by atoms with van der Waals surface area (Å²) in [4.78, 5) is 9.00. The first-order chi connectivity index (χ1) is 1.73. The Morgan fingerprint density at radius 3 is 1.80 bits per heavy atom. The normalized spacial score (nSPS) is 5.00. The summed E-state index contributed by atoms with van der Waals surface area (Å²) in [6.07, 6.45) is 0. The fourth-order valence-corrected chi connectivity index (χ4v) is 0. The van der Waals surface area contributed by atoms with E-state index in [1.54, 1.807) is 0 Å². The van der Waals surface area contributed by atoms with Crippen LogP contribution in [-0.2, 0) is 4.79 Å². The molecule has 3 heteroatoms. The number of carboxylic acids is 1. The van der Waals surface area contributed by atoms with E-state index in [1.807, 2.05) is 0 Å². The van der Waals surface area contributed by atoms with Gasteiger partial charge in [-0.2, -0.15) is 0 Å². The van der Waals surface area contributed by atoms with Crippen LogP contribution < -0.4 is 0 Å². The second kappa shape index (κ2) is 4.52. The van der Waals surface area contributed by atoms with Crippen LogP contribution in [0.15, 0.2) is 0 Å². The van der Waals surface area contributed by atoms with Gasteiger partial charge in [-0.3, -0.25) is 4.79 Å². The molecule has 0 rings (SSSR count). The van der Waals surface area contributed by atoms with Gasteiger partial charge in [0.15, 0.2) is 0 Å². The van der Waals surface area contributed by atoms with E-state index in [4.69, 9.17) is 9.90 Å².